The fraction of sp³-hybridized carbons (Fsp3) is 0.133. The molecule has 0 atom stereocenters. The molecule has 0 saturated heterocycles. The number of nitrogens with zero attached hydrogens (tertiary/aromatic N) is 4. The molecule has 1 aromatic carbocycles. The highest BCUT2D eigenvalue weighted by molar-refractivity contribution is 5.67. The van der Waals surface area contributed by atoms with Crippen molar-refractivity contribution in [2.24, 2.45) is 0 Å². The number of hydrogen-bond donors (Lipinski definition) is 0. The first kappa shape index (κ1) is 12.3. The summed E-state index contributed by atoms with van der Waals surface area (Å²) in [5.41, 5.74) is 2.82. The van der Waals surface area contributed by atoms with Gasteiger partial charge in [-0.25, -0.2) is 14.6 Å². The minimum Gasteiger partial charge on any atom is -0.496 e. The Morgan fingerprint density at radius 1 is 1.15 bits per heavy atom. The lowest BCUT2D eigenvalue weighted by molar-refractivity contribution is 0.416. The number of methoxy groups -OCH3 is 1. The number of benzene rings is 1. The number of aryl methyl sites for hydroxylation is 1. The fourth-order valence-corrected chi connectivity index (χ4v) is 2.01. The van der Waals surface area contributed by atoms with Gasteiger partial charge >= 0.3 is 0 Å². The average molecular weight is 266 g/mol. The van der Waals surface area contributed by atoms with Crippen molar-refractivity contribution < 1.29 is 4.74 Å². The van der Waals surface area contributed by atoms with Gasteiger partial charge < -0.3 is 4.74 Å². The third-order valence-corrected chi connectivity index (χ3v) is 2.98. The molecule has 20 heavy (non-hydrogen) atoms. The molecule has 5 nitrogen and oxygen atoms in total. The maximum absolute atomic E-state index is 5.37. The Bertz CT molecular complexity index is 736. The number of rotatable bonds is 3. The molecule has 2 heterocycles. The molecule has 3 aromatic rings. The van der Waals surface area contributed by atoms with Crippen molar-refractivity contribution in [3.8, 4) is 22.8 Å². The summed E-state index contributed by atoms with van der Waals surface area (Å²) in [5, 5.41) is 4.26. The standard InChI is InChI=1S/C15H14N4O/c1-11-8-18-19(9-11)15-7-13(16-10-17-15)12-5-3-4-6-14(12)20-2/h3-10H,1-2H3. The van der Waals surface area contributed by atoms with Crippen LogP contribution in [0.4, 0.5) is 0 Å². The molecule has 0 aliphatic carbocycles. The maximum atomic E-state index is 5.37. The first-order chi connectivity index (χ1) is 9.78. The van der Waals surface area contributed by atoms with Crippen LogP contribution in [0.3, 0.4) is 0 Å². The molecule has 2 aromatic heterocycles. The van der Waals surface area contributed by atoms with Crippen LogP contribution in [0, 0.1) is 6.92 Å². The maximum Gasteiger partial charge on any atom is 0.157 e. The summed E-state index contributed by atoms with van der Waals surface area (Å²) in [5.74, 6) is 1.52. The molecule has 0 unspecified atom stereocenters. The van der Waals surface area contributed by atoms with Crippen molar-refractivity contribution in [3.05, 3.63) is 54.6 Å². The van der Waals surface area contributed by atoms with Crippen LogP contribution in [0.5, 0.6) is 5.75 Å². The lowest BCUT2D eigenvalue weighted by atomic mass is 10.1. The molecule has 0 saturated carbocycles. The van der Waals surface area contributed by atoms with E-state index in [0.717, 1.165) is 28.4 Å². The second kappa shape index (κ2) is 5.13. The van der Waals surface area contributed by atoms with Crippen molar-refractivity contribution in [1.29, 1.82) is 0 Å². The minimum atomic E-state index is 0.731. The van der Waals surface area contributed by atoms with E-state index in [2.05, 4.69) is 15.1 Å². The van der Waals surface area contributed by atoms with E-state index in [9.17, 15) is 0 Å². The third-order valence-electron chi connectivity index (χ3n) is 2.98. The van der Waals surface area contributed by atoms with Crippen LogP contribution < -0.4 is 4.74 Å². The van der Waals surface area contributed by atoms with Gasteiger partial charge in [0.05, 0.1) is 19.0 Å². The number of aromatic nitrogens is 4. The van der Waals surface area contributed by atoms with Crippen LogP contribution in [0.1, 0.15) is 5.56 Å². The Kier molecular flexibility index (Phi) is 3.16. The topological polar surface area (TPSA) is 52.8 Å². The first-order valence-corrected chi connectivity index (χ1v) is 6.25. The van der Waals surface area contributed by atoms with Crippen molar-refractivity contribution in [2.75, 3.05) is 7.11 Å². The lowest BCUT2D eigenvalue weighted by Crippen LogP contribution is -1.99. The van der Waals surface area contributed by atoms with E-state index >= 15 is 0 Å². The van der Waals surface area contributed by atoms with Crippen LogP contribution in [0.25, 0.3) is 17.1 Å². The summed E-state index contributed by atoms with van der Waals surface area (Å²) in [6.45, 7) is 1.99. The highest BCUT2D eigenvalue weighted by Crippen LogP contribution is 2.28. The van der Waals surface area contributed by atoms with Gasteiger partial charge in [0.25, 0.3) is 0 Å². The highest BCUT2D eigenvalue weighted by Gasteiger charge is 2.08. The normalized spacial score (nSPS) is 10.5. The Balaban J connectivity index is 2.07. The largest absolute Gasteiger partial charge is 0.496 e. The molecule has 0 radical (unpaired) electrons. The molecule has 3 rings (SSSR count). The Labute approximate surface area is 116 Å². The summed E-state index contributed by atoms with van der Waals surface area (Å²) < 4.78 is 7.10. The summed E-state index contributed by atoms with van der Waals surface area (Å²) >= 11 is 0. The van der Waals surface area contributed by atoms with Gasteiger partial charge in [0.2, 0.25) is 0 Å². The van der Waals surface area contributed by atoms with E-state index in [1.165, 1.54) is 6.33 Å². The molecule has 100 valence electrons. The number of hydrogen-bond acceptors (Lipinski definition) is 4. The van der Waals surface area contributed by atoms with Crippen LogP contribution >= 0.6 is 0 Å². The van der Waals surface area contributed by atoms with Crippen LogP contribution in [-0.4, -0.2) is 26.9 Å². The molecule has 5 heteroatoms. The molecule has 0 spiro atoms. The van der Waals surface area contributed by atoms with Gasteiger partial charge in [0.1, 0.15) is 12.1 Å². The van der Waals surface area contributed by atoms with Crippen molar-refractivity contribution in [1.82, 2.24) is 19.7 Å². The Morgan fingerprint density at radius 3 is 2.75 bits per heavy atom. The van der Waals surface area contributed by atoms with Gasteiger partial charge in [-0.05, 0) is 24.6 Å². The fourth-order valence-electron chi connectivity index (χ4n) is 2.01. The quantitative estimate of drug-likeness (QED) is 0.731. The number of ether oxygens (including phenoxy) is 1. The van der Waals surface area contributed by atoms with Gasteiger partial charge in [0.15, 0.2) is 5.82 Å². The Hall–Kier alpha value is -2.69. The zero-order chi connectivity index (χ0) is 13.9. The van der Waals surface area contributed by atoms with Crippen molar-refractivity contribution in [2.45, 2.75) is 6.92 Å². The van der Waals surface area contributed by atoms with Gasteiger partial charge in [-0.1, -0.05) is 12.1 Å². The second-order valence-electron chi connectivity index (χ2n) is 4.42. The predicted octanol–water partition coefficient (Wildman–Crippen LogP) is 2.65. The van der Waals surface area contributed by atoms with E-state index in [4.69, 9.17) is 4.74 Å². The molecule has 0 amide bonds. The van der Waals surface area contributed by atoms with E-state index in [-0.39, 0.29) is 0 Å². The molecular weight excluding hydrogens is 252 g/mol. The molecule has 0 N–H and O–H groups in total. The Morgan fingerprint density at radius 2 is 2.00 bits per heavy atom. The van der Waals surface area contributed by atoms with E-state index in [1.54, 1.807) is 18.0 Å². The van der Waals surface area contributed by atoms with Gasteiger partial charge in [-0.3, -0.25) is 0 Å². The molecule has 0 aliphatic heterocycles. The van der Waals surface area contributed by atoms with Gasteiger partial charge in [0, 0.05) is 17.8 Å². The molecule has 0 aliphatic rings. The highest BCUT2D eigenvalue weighted by atomic mass is 16.5. The summed E-state index contributed by atoms with van der Waals surface area (Å²) in [4.78, 5) is 8.57. The predicted molar refractivity (Wildman–Crippen MR) is 75.9 cm³/mol. The zero-order valence-corrected chi connectivity index (χ0v) is 11.3. The number of para-hydroxylation sites is 1. The van der Waals surface area contributed by atoms with E-state index < -0.39 is 0 Å². The SMILES string of the molecule is COc1ccccc1-c1cc(-n2cc(C)cn2)ncn1. The summed E-state index contributed by atoms with van der Waals surface area (Å²) in [6, 6.07) is 9.66. The van der Waals surface area contributed by atoms with Crippen LogP contribution in [0.15, 0.2) is 49.1 Å². The molecular formula is C15H14N4O. The molecule has 0 fully saturated rings. The average Bonchev–Trinajstić information content (AvgIpc) is 2.94. The molecule has 0 bridgehead atoms. The summed E-state index contributed by atoms with van der Waals surface area (Å²) in [6.07, 6.45) is 5.26. The second-order valence-corrected chi connectivity index (χ2v) is 4.42. The smallest absolute Gasteiger partial charge is 0.157 e. The lowest BCUT2D eigenvalue weighted by Gasteiger charge is -2.08. The third kappa shape index (κ3) is 2.25. The van der Waals surface area contributed by atoms with Crippen LogP contribution in [-0.2, 0) is 0 Å². The zero-order valence-electron chi connectivity index (χ0n) is 11.3. The monoisotopic (exact) mass is 266 g/mol. The first-order valence-electron chi connectivity index (χ1n) is 6.25. The van der Waals surface area contributed by atoms with Crippen molar-refractivity contribution in [3.63, 3.8) is 0 Å². The minimum absolute atomic E-state index is 0.731. The van der Waals surface area contributed by atoms with E-state index in [0.29, 0.717) is 0 Å². The van der Waals surface area contributed by atoms with Crippen LogP contribution in [0.2, 0.25) is 0 Å². The van der Waals surface area contributed by atoms with Crippen molar-refractivity contribution >= 4 is 0 Å². The summed E-state index contributed by atoms with van der Waals surface area (Å²) in [7, 11) is 1.65. The van der Waals surface area contributed by atoms with Gasteiger partial charge in [-0.15, -0.1) is 0 Å². The van der Waals surface area contributed by atoms with Gasteiger partial charge in [-0.2, -0.15) is 5.10 Å². The van der Waals surface area contributed by atoms with E-state index in [1.807, 2.05) is 43.5 Å².